The van der Waals surface area contributed by atoms with Gasteiger partial charge in [-0.2, -0.15) is 5.26 Å². The van der Waals surface area contributed by atoms with Gasteiger partial charge >= 0.3 is 5.70 Å². The van der Waals surface area contributed by atoms with E-state index in [0.29, 0.717) is 5.76 Å². The van der Waals surface area contributed by atoms with Crippen molar-refractivity contribution in [3.8, 4) is 6.07 Å². The van der Waals surface area contributed by atoms with Crippen molar-refractivity contribution in [2.45, 2.75) is 0 Å². The Morgan fingerprint density at radius 1 is 1.83 bits per heavy atom. The molecule has 5 nitrogen and oxygen atoms in total. The van der Waals surface area contributed by atoms with Gasteiger partial charge in [0, 0.05) is 0 Å². The van der Waals surface area contributed by atoms with E-state index in [2.05, 4.69) is 0 Å². The quantitative estimate of drug-likeness (QED) is 0.376. The highest BCUT2D eigenvalue weighted by molar-refractivity contribution is 5.48. The Morgan fingerprint density at radius 2 is 2.58 bits per heavy atom. The van der Waals surface area contributed by atoms with E-state index in [1.807, 2.05) is 0 Å². The molecule has 60 valence electrons. The highest BCUT2D eigenvalue weighted by atomic mass is 16.6. The molecule has 1 rings (SSSR count). The zero-order valence-corrected chi connectivity index (χ0v) is 5.93. The molecular formula is C7H4N2O3. The average molecular weight is 164 g/mol. The molecule has 0 amide bonds. The Balaban J connectivity index is 2.95. The molecule has 0 fully saturated rings. The summed E-state index contributed by atoms with van der Waals surface area (Å²) in [4.78, 5) is 9.37. The van der Waals surface area contributed by atoms with Crippen LogP contribution in [-0.4, -0.2) is 4.92 Å². The van der Waals surface area contributed by atoms with Gasteiger partial charge in [0.2, 0.25) is 0 Å². The van der Waals surface area contributed by atoms with Gasteiger partial charge in [-0.25, -0.2) is 0 Å². The maximum atomic E-state index is 10.1. The monoisotopic (exact) mass is 164 g/mol. The van der Waals surface area contributed by atoms with Crippen LogP contribution in [0.4, 0.5) is 0 Å². The summed E-state index contributed by atoms with van der Waals surface area (Å²) in [6.07, 6.45) is 2.45. The highest BCUT2D eigenvalue weighted by Crippen LogP contribution is 2.06. The van der Waals surface area contributed by atoms with E-state index in [9.17, 15) is 10.1 Å². The molecule has 0 saturated heterocycles. The van der Waals surface area contributed by atoms with Crippen molar-refractivity contribution in [1.29, 1.82) is 5.26 Å². The maximum absolute atomic E-state index is 10.1. The lowest BCUT2D eigenvalue weighted by Gasteiger charge is -1.83. The molecule has 1 aromatic rings. The van der Waals surface area contributed by atoms with Gasteiger partial charge < -0.3 is 4.42 Å². The number of nitriles is 1. The van der Waals surface area contributed by atoms with Crippen molar-refractivity contribution < 1.29 is 9.34 Å². The molecule has 0 saturated carbocycles. The van der Waals surface area contributed by atoms with Crippen LogP contribution in [0, 0.1) is 21.4 Å². The molecule has 0 N–H and O–H groups in total. The molecule has 0 aliphatic rings. The van der Waals surface area contributed by atoms with Crippen LogP contribution >= 0.6 is 0 Å². The van der Waals surface area contributed by atoms with Gasteiger partial charge in [-0.3, -0.25) is 10.1 Å². The minimum Gasteiger partial charge on any atom is -0.465 e. The van der Waals surface area contributed by atoms with Gasteiger partial charge in [0.15, 0.2) is 6.07 Å². The smallest absolute Gasteiger partial charge is 0.349 e. The van der Waals surface area contributed by atoms with E-state index < -0.39 is 10.6 Å². The summed E-state index contributed by atoms with van der Waals surface area (Å²) in [5.41, 5.74) is -0.537. The fourth-order valence-corrected chi connectivity index (χ4v) is 0.634. The zero-order chi connectivity index (χ0) is 8.97. The molecule has 1 heterocycles. The lowest BCUT2D eigenvalue weighted by molar-refractivity contribution is -0.415. The first-order valence-electron chi connectivity index (χ1n) is 3.03. The predicted octanol–water partition coefficient (Wildman–Crippen LogP) is 1.42. The number of nitrogens with zero attached hydrogens (tertiary/aromatic N) is 2. The number of furan rings is 1. The Labute approximate surface area is 67.7 Å². The molecular weight excluding hydrogens is 160 g/mol. The van der Waals surface area contributed by atoms with Crippen LogP contribution in [-0.2, 0) is 0 Å². The summed E-state index contributed by atoms with van der Waals surface area (Å²) in [6, 6.07) is 4.55. The fraction of sp³-hybridized carbons (Fsp3) is 0. The first-order valence-corrected chi connectivity index (χ1v) is 3.03. The first-order chi connectivity index (χ1) is 5.74. The second-order valence-electron chi connectivity index (χ2n) is 1.91. The van der Waals surface area contributed by atoms with Gasteiger partial charge in [0.1, 0.15) is 5.76 Å². The summed E-state index contributed by atoms with van der Waals surface area (Å²) in [5, 5.41) is 18.4. The van der Waals surface area contributed by atoms with Crippen LogP contribution in [0.3, 0.4) is 0 Å². The lowest BCUT2D eigenvalue weighted by Crippen LogP contribution is -1.94. The molecule has 1 aromatic heterocycles. The Morgan fingerprint density at radius 3 is 3.00 bits per heavy atom. The number of rotatable bonds is 2. The predicted molar refractivity (Wildman–Crippen MR) is 39.3 cm³/mol. The Hall–Kier alpha value is -2.09. The number of nitro groups is 1. The van der Waals surface area contributed by atoms with Crippen molar-refractivity contribution in [3.63, 3.8) is 0 Å². The third-order valence-electron chi connectivity index (χ3n) is 1.13. The van der Waals surface area contributed by atoms with Crippen LogP contribution in [0.25, 0.3) is 6.08 Å². The Kier molecular flexibility index (Phi) is 2.23. The van der Waals surface area contributed by atoms with E-state index in [1.54, 1.807) is 6.07 Å². The first kappa shape index (κ1) is 8.01. The van der Waals surface area contributed by atoms with Crippen molar-refractivity contribution in [1.82, 2.24) is 0 Å². The topological polar surface area (TPSA) is 80.1 Å². The molecule has 0 unspecified atom stereocenters. The van der Waals surface area contributed by atoms with Crippen LogP contribution in [0.1, 0.15) is 5.76 Å². The van der Waals surface area contributed by atoms with E-state index in [-0.39, 0.29) is 0 Å². The molecule has 0 aliphatic heterocycles. The van der Waals surface area contributed by atoms with Gasteiger partial charge in [0.05, 0.1) is 17.3 Å². The van der Waals surface area contributed by atoms with Crippen LogP contribution in [0.15, 0.2) is 28.5 Å². The molecule has 0 aromatic carbocycles. The molecule has 12 heavy (non-hydrogen) atoms. The molecule has 5 heteroatoms. The van der Waals surface area contributed by atoms with Crippen molar-refractivity contribution in [2.24, 2.45) is 0 Å². The van der Waals surface area contributed by atoms with E-state index in [0.717, 1.165) is 6.08 Å². The van der Waals surface area contributed by atoms with E-state index in [4.69, 9.17) is 9.68 Å². The number of hydrogen-bond acceptors (Lipinski definition) is 4. The van der Waals surface area contributed by atoms with Crippen LogP contribution in [0.2, 0.25) is 0 Å². The minimum atomic E-state index is -0.761. The number of allylic oxidation sites excluding steroid dienone is 1. The van der Waals surface area contributed by atoms with E-state index >= 15 is 0 Å². The van der Waals surface area contributed by atoms with Gasteiger partial charge in [0.25, 0.3) is 0 Å². The lowest BCUT2D eigenvalue weighted by atomic mass is 10.3. The third-order valence-corrected chi connectivity index (χ3v) is 1.13. The second-order valence-corrected chi connectivity index (χ2v) is 1.91. The maximum Gasteiger partial charge on any atom is 0.349 e. The molecule has 0 bridgehead atoms. The summed E-state index contributed by atoms with van der Waals surface area (Å²) >= 11 is 0. The Bertz CT molecular complexity index is 345. The van der Waals surface area contributed by atoms with Gasteiger partial charge in [-0.15, -0.1) is 0 Å². The minimum absolute atomic E-state index is 0.295. The largest absolute Gasteiger partial charge is 0.465 e. The van der Waals surface area contributed by atoms with E-state index in [1.165, 1.54) is 18.4 Å². The van der Waals surface area contributed by atoms with Crippen LogP contribution in [0.5, 0.6) is 0 Å². The molecule has 0 radical (unpaired) electrons. The standard InChI is InChI=1S/C7H4N2O3/c8-5-6(9(10)11)4-7-2-1-3-12-7/h1-4H. The van der Waals surface area contributed by atoms with Gasteiger partial charge in [-0.05, 0) is 12.1 Å². The molecule has 0 atom stereocenters. The summed E-state index contributed by atoms with van der Waals surface area (Å²) in [7, 11) is 0. The van der Waals surface area contributed by atoms with Crippen molar-refractivity contribution in [2.75, 3.05) is 0 Å². The van der Waals surface area contributed by atoms with Crippen molar-refractivity contribution in [3.05, 3.63) is 40.0 Å². The summed E-state index contributed by atoms with van der Waals surface area (Å²) in [5.74, 6) is 0.295. The fourth-order valence-electron chi connectivity index (χ4n) is 0.634. The zero-order valence-electron chi connectivity index (χ0n) is 5.93. The average Bonchev–Trinajstić information content (AvgIpc) is 2.51. The summed E-state index contributed by atoms with van der Waals surface area (Å²) < 4.78 is 4.78. The van der Waals surface area contributed by atoms with Crippen LogP contribution < -0.4 is 0 Å². The SMILES string of the molecule is N#CC(=Cc1ccco1)[N+](=O)[O-]. The summed E-state index contributed by atoms with van der Waals surface area (Å²) in [6.45, 7) is 0. The highest BCUT2D eigenvalue weighted by Gasteiger charge is 2.09. The molecule has 0 aliphatic carbocycles. The number of hydrogen-bond donors (Lipinski definition) is 0. The normalized spacial score (nSPS) is 10.8. The van der Waals surface area contributed by atoms with Crippen molar-refractivity contribution >= 4 is 6.08 Å². The van der Waals surface area contributed by atoms with Gasteiger partial charge in [-0.1, -0.05) is 0 Å². The molecule has 0 spiro atoms. The third kappa shape index (κ3) is 1.70. The second kappa shape index (κ2) is 3.34.